The molecule has 0 saturated carbocycles. The van der Waals surface area contributed by atoms with Crippen molar-refractivity contribution in [2.24, 2.45) is 0 Å². The third-order valence-corrected chi connectivity index (χ3v) is 18.2. The molecule has 0 unspecified atom stereocenters. The molecule has 0 spiro atoms. The molecule has 2 rings (SSSR count). The number of unbranched alkanes of at least 4 members (excludes halogenated alkanes) is 14. The van der Waals surface area contributed by atoms with Crippen molar-refractivity contribution in [3.63, 3.8) is 0 Å². The van der Waals surface area contributed by atoms with Gasteiger partial charge in [0.2, 0.25) is 0 Å². The van der Waals surface area contributed by atoms with Crippen LogP contribution in [0.3, 0.4) is 0 Å². The van der Waals surface area contributed by atoms with Gasteiger partial charge in [0.1, 0.15) is 0 Å². The van der Waals surface area contributed by atoms with Crippen molar-refractivity contribution < 1.29 is 6.15 Å². The van der Waals surface area contributed by atoms with Crippen LogP contribution >= 0.6 is 0 Å². The monoisotopic (exact) mass is 672 g/mol. The van der Waals surface area contributed by atoms with Crippen LogP contribution in [0.2, 0.25) is 8.87 Å². The number of benzene rings is 2. The zero-order chi connectivity index (χ0) is 29.4. The number of hydrogen-bond acceptors (Lipinski definition) is 2. The molecule has 0 aliphatic heterocycles. The van der Waals surface area contributed by atoms with E-state index in [-0.39, 0.29) is 0 Å². The maximum absolute atomic E-state index is 7.39. The van der Waals surface area contributed by atoms with Crippen LogP contribution in [0.4, 0.5) is 0 Å². The Morgan fingerprint density at radius 1 is 0.415 bits per heavy atom. The molecular weight excluding hydrogens is 607 g/mol. The average Bonchev–Trinajstić information content (AvgIpc) is 2.99. The van der Waals surface area contributed by atoms with Crippen molar-refractivity contribution in [1.29, 1.82) is 0 Å². The summed E-state index contributed by atoms with van der Waals surface area (Å²) in [6, 6.07) is 17.8. The molecule has 2 aromatic carbocycles. The molecule has 2 nitrogen and oxygen atoms in total. The molecule has 2 aromatic rings. The Bertz CT molecular complexity index is 822. The summed E-state index contributed by atoms with van der Waals surface area (Å²) in [7, 11) is 0. The van der Waals surface area contributed by atoms with Crippen LogP contribution in [0.1, 0.15) is 154 Å². The van der Waals surface area contributed by atoms with Crippen molar-refractivity contribution in [2.45, 2.75) is 165 Å². The SMILES string of the molecule is CCCCCCC[CH2][Sn]([CH2]CCCCCCC)([O]c1ccccc1CCCCC)[O]c1ccccc1CCCCC. The second-order valence-corrected chi connectivity index (χ2v) is 21.5. The van der Waals surface area contributed by atoms with Crippen molar-refractivity contribution in [1.82, 2.24) is 0 Å². The zero-order valence-corrected chi connectivity index (χ0v) is 30.3. The summed E-state index contributed by atoms with van der Waals surface area (Å²) in [5.74, 6) is 2.25. The van der Waals surface area contributed by atoms with Crippen LogP contribution in [-0.2, 0) is 12.8 Å². The van der Waals surface area contributed by atoms with E-state index in [1.807, 2.05) is 0 Å². The van der Waals surface area contributed by atoms with E-state index in [1.54, 1.807) is 0 Å². The summed E-state index contributed by atoms with van der Waals surface area (Å²) in [5.41, 5.74) is 2.76. The fourth-order valence-corrected chi connectivity index (χ4v) is 15.8. The topological polar surface area (TPSA) is 18.5 Å². The zero-order valence-electron chi connectivity index (χ0n) is 27.5. The Morgan fingerprint density at radius 3 is 1.17 bits per heavy atom. The summed E-state index contributed by atoms with van der Waals surface area (Å²) >= 11 is -3.57. The second kappa shape index (κ2) is 23.3. The van der Waals surface area contributed by atoms with E-state index in [2.05, 4.69) is 76.2 Å². The fraction of sp³-hybridized carbons (Fsp3) is 0.684. The Balaban J connectivity index is 2.35. The molecule has 0 saturated heterocycles. The average molecular weight is 672 g/mol. The van der Waals surface area contributed by atoms with E-state index in [0.29, 0.717) is 0 Å². The third-order valence-electron chi connectivity index (χ3n) is 8.46. The molecule has 0 amide bonds. The molecule has 0 heterocycles. The Hall–Kier alpha value is -1.16. The van der Waals surface area contributed by atoms with Crippen molar-refractivity contribution in [3.8, 4) is 11.5 Å². The predicted octanol–water partition coefficient (Wildman–Crippen LogP) is 12.8. The first-order chi connectivity index (χ1) is 20.2. The first-order valence-corrected chi connectivity index (χ1v) is 24.1. The molecule has 0 aliphatic rings. The summed E-state index contributed by atoms with van der Waals surface area (Å²) in [6.45, 7) is 9.19. The molecule has 0 aliphatic carbocycles. The summed E-state index contributed by atoms with van der Waals surface area (Å²) < 4.78 is 17.1. The van der Waals surface area contributed by atoms with Gasteiger partial charge in [-0.1, -0.05) is 0 Å². The number of para-hydroxylation sites is 2. The van der Waals surface area contributed by atoms with Gasteiger partial charge in [0, 0.05) is 0 Å². The predicted molar refractivity (Wildman–Crippen MR) is 183 cm³/mol. The Morgan fingerprint density at radius 2 is 0.756 bits per heavy atom. The van der Waals surface area contributed by atoms with E-state index >= 15 is 0 Å². The number of rotatable bonds is 26. The third kappa shape index (κ3) is 15.2. The standard InChI is InChI=1S/2C11H16O.2C8H17.Sn/c2*1-2-3-4-7-10-8-5-6-9-11(10)12;2*1-3-5-7-8-6-4-2;/h2*5-6,8-9,12H,2-4,7H2,1H3;2*1,3-8H2,2H3;/q;;;;+2/p-2. The molecule has 232 valence electrons. The summed E-state index contributed by atoms with van der Waals surface area (Å²) in [5, 5.41) is 0. The summed E-state index contributed by atoms with van der Waals surface area (Å²) in [4.78, 5) is 0. The molecule has 3 heteroatoms. The maximum atomic E-state index is 7.39. The van der Waals surface area contributed by atoms with Gasteiger partial charge in [-0.25, -0.2) is 0 Å². The Kier molecular flexibility index (Phi) is 20.5. The van der Waals surface area contributed by atoms with Crippen LogP contribution in [0, 0.1) is 0 Å². The van der Waals surface area contributed by atoms with Crippen molar-refractivity contribution >= 4 is 19.2 Å². The first kappa shape index (κ1) is 36.0. The van der Waals surface area contributed by atoms with Crippen LogP contribution in [0.5, 0.6) is 11.5 Å². The van der Waals surface area contributed by atoms with Gasteiger partial charge < -0.3 is 0 Å². The molecular formula is C38H64O2Sn. The first-order valence-electron chi connectivity index (χ1n) is 17.7. The van der Waals surface area contributed by atoms with Gasteiger partial charge in [-0.05, 0) is 0 Å². The molecule has 41 heavy (non-hydrogen) atoms. The van der Waals surface area contributed by atoms with Crippen LogP contribution < -0.4 is 6.15 Å². The molecule has 0 aromatic heterocycles. The van der Waals surface area contributed by atoms with Crippen LogP contribution in [-0.4, -0.2) is 19.2 Å². The molecule has 0 N–H and O–H groups in total. The Labute approximate surface area is 260 Å². The van der Waals surface area contributed by atoms with Gasteiger partial charge in [-0.15, -0.1) is 0 Å². The van der Waals surface area contributed by atoms with Gasteiger partial charge in [0.15, 0.2) is 0 Å². The normalized spacial score (nSPS) is 11.6. The van der Waals surface area contributed by atoms with Gasteiger partial charge in [-0.3, -0.25) is 0 Å². The summed E-state index contributed by atoms with van der Waals surface area (Å²) in [6.07, 6.45) is 25.5. The van der Waals surface area contributed by atoms with Crippen molar-refractivity contribution in [3.05, 3.63) is 59.7 Å². The van der Waals surface area contributed by atoms with Gasteiger partial charge >= 0.3 is 261 Å². The van der Waals surface area contributed by atoms with E-state index in [9.17, 15) is 0 Å². The van der Waals surface area contributed by atoms with Crippen LogP contribution in [0.15, 0.2) is 48.5 Å². The molecule has 0 radical (unpaired) electrons. The minimum absolute atomic E-state index is 1.10. The van der Waals surface area contributed by atoms with E-state index in [1.165, 1.54) is 127 Å². The van der Waals surface area contributed by atoms with E-state index < -0.39 is 19.2 Å². The number of aryl methyl sites for hydroxylation is 2. The van der Waals surface area contributed by atoms with Gasteiger partial charge in [0.25, 0.3) is 0 Å². The molecule has 0 atom stereocenters. The van der Waals surface area contributed by atoms with Gasteiger partial charge in [0.05, 0.1) is 0 Å². The van der Waals surface area contributed by atoms with Crippen molar-refractivity contribution in [2.75, 3.05) is 0 Å². The molecule has 0 bridgehead atoms. The van der Waals surface area contributed by atoms with Crippen LogP contribution in [0.25, 0.3) is 0 Å². The quantitative estimate of drug-likeness (QED) is 0.0732. The van der Waals surface area contributed by atoms with E-state index in [0.717, 1.165) is 33.2 Å². The number of hydrogen-bond donors (Lipinski definition) is 0. The second-order valence-electron chi connectivity index (χ2n) is 12.3. The molecule has 0 fully saturated rings. The van der Waals surface area contributed by atoms with E-state index in [4.69, 9.17) is 6.15 Å². The fourth-order valence-electron chi connectivity index (χ4n) is 5.85. The van der Waals surface area contributed by atoms with Gasteiger partial charge in [-0.2, -0.15) is 0 Å². The minimum atomic E-state index is -3.57.